The summed E-state index contributed by atoms with van der Waals surface area (Å²) in [6, 6.07) is 0.0826. The molecular weight excluding hydrogens is 206 g/mol. The summed E-state index contributed by atoms with van der Waals surface area (Å²) in [4.78, 5) is 12.1. The predicted octanol–water partition coefficient (Wildman–Crippen LogP) is -0.176. The Morgan fingerprint density at radius 3 is 2.80 bits per heavy atom. The molecule has 1 heterocycles. The Bertz CT molecular complexity index is 208. The molecule has 1 fully saturated rings. The zero-order valence-corrected chi connectivity index (χ0v) is 8.46. The Morgan fingerprint density at radius 2 is 2.33 bits per heavy atom. The quantitative estimate of drug-likeness (QED) is 0.678. The minimum absolute atomic E-state index is 0.0264. The van der Waals surface area contributed by atoms with E-state index in [9.17, 15) is 13.6 Å². The van der Waals surface area contributed by atoms with Crippen molar-refractivity contribution in [3.63, 3.8) is 0 Å². The van der Waals surface area contributed by atoms with Gasteiger partial charge in [0.2, 0.25) is 0 Å². The fraction of sp³-hybridized carbons (Fsp3) is 0.889. The molecule has 2 N–H and O–H groups in total. The molecule has 4 nitrogen and oxygen atoms in total. The van der Waals surface area contributed by atoms with Crippen molar-refractivity contribution in [1.82, 2.24) is 10.2 Å². The Morgan fingerprint density at radius 1 is 1.60 bits per heavy atom. The summed E-state index contributed by atoms with van der Waals surface area (Å²) in [5.41, 5.74) is 0. The average molecular weight is 222 g/mol. The monoisotopic (exact) mass is 222 g/mol. The van der Waals surface area contributed by atoms with Gasteiger partial charge >= 0.3 is 6.43 Å². The Labute approximate surface area is 87.2 Å². The lowest BCUT2D eigenvalue weighted by Gasteiger charge is -2.24. The fourth-order valence-electron chi connectivity index (χ4n) is 1.73. The molecule has 1 saturated heterocycles. The number of aliphatic hydroxyl groups excluding tert-OH is 1. The van der Waals surface area contributed by atoms with E-state index in [4.69, 9.17) is 5.11 Å². The van der Waals surface area contributed by atoms with Crippen LogP contribution < -0.4 is 5.32 Å². The highest BCUT2D eigenvalue weighted by atomic mass is 19.3. The van der Waals surface area contributed by atoms with Crippen molar-refractivity contribution in [1.29, 1.82) is 0 Å². The summed E-state index contributed by atoms with van der Waals surface area (Å²) >= 11 is 0. The van der Waals surface area contributed by atoms with Crippen LogP contribution in [0.2, 0.25) is 0 Å². The van der Waals surface area contributed by atoms with E-state index in [2.05, 4.69) is 5.32 Å². The molecule has 0 aromatic heterocycles. The molecule has 0 spiro atoms. The molecule has 0 saturated carbocycles. The maximum Gasteiger partial charge on any atom is 0.315 e. The number of carbonyl (C=O) groups excluding carboxylic acids is 1. The van der Waals surface area contributed by atoms with E-state index < -0.39 is 12.3 Å². The Kier molecular flexibility index (Phi) is 4.90. The standard InChI is InChI=1S/C9H16F2N2O2/c10-8(11)9(15)13(4-5-14)6-7-2-1-3-12-7/h7-8,12,14H,1-6H2. The molecule has 0 aliphatic carbocycles. The van der Waals surface area contributed by atoms with Crippen LogP contribution in [-0.4, -0.2) is 54.6 Å². The highest BCUT2D eigenvalue weighted by molar-refractivity contribution is 5.79. The van der Waals surface area contributed by atoms with Crippen LogP contribution in [-0.2, 0) is 4.79 Å². The molecular formula is C9H16F2N2O2. The number of aliphatic hydroxyl groups is 1. The first-order valence-corrected chi connectivity index (χ1v) is 5.06. The van der Waals surface area contributed by atoms with E-state index in [1.54, 1.807) is 0 Å². The third kappa shape index (κ3) is 3.71. The molecule has 1 rings (SSSR count). The van der Waals surface area contributed by atoms with E-state index >= 15 is 0 Å². The molecule has 1 aliphatic heterocycles. The maximum atomic E-state index is 12.2. The number of hydrogen-bond donors (Lipinski definition) is 2. The lowest BCUT2D eigenvalue weighted by atomic mass is 10.2. The van der Waals surface area contributed by atoms with Gasteiger partial charge in [0.05, 0.1) is 6.61 Å². The van der Waals surface area contributed by atoms with Gasteiger partial charge in [-0.3, -0.25) is 4.79 Å². The van der Waals surface area contributed by atoms with E-state index in [1.165, 1.54) is 0 Å². The van der Waals surface area contributed by atoms with Crippen molar-refractivity contribution in [3.8, 4) is 0 Å². The van der Waals surface area contributed by atoms with E-state index in [0.717, 1.165) is 24.3 Å². The van der Waals surface area contributed by atoms with Crippen LogP contribution >= 0.6 is 0 Å². The number of halogens is 2. The van der Waals surface area contributed by atoms with Crippen molar-refractivity contribution in [3.05, 3.63) is 0 Å². The van der Waals surface area contributed by atoms with Gasteiger partial charge in [-0.2, -0.15) is 8.78 Å². The molecule has 0 aromatic carbocycles. The summed E-state index contributed by atoms with van der Waals surface area (Å²) in [5, 5.41) is 11.8. The minimum Gasteiger partial charge on any atom is -0.395 e. The molecule has 1 aliphatic rings. The van der Waals surface area contributed by atoms with Crippen LogP contribution in [0.3, 0.4) is 0 Å². The minimum atomic E-state index is -2.99. The van der Waals surface area contributed by atoms with Crippen LogP contribution in [0.5, 0.6) is 0 Å². The molecule has 1 atom stereocenters. The summed E-state index contributed by atoms with van der Waals surface area (Å²) < 4.78 is 24.4. The first-order valence-electron chi connectivity index (χ1n) is 5.06. The number of hydrogen-bond acceptors (Lipinski definition) is 3. The lowest BCUT2D eigenvalue weighted by Crippen LogP contribution is -2.44. The van der Waals surface area contributed by atoms with Gasteiger partial charge in [-0.05, 0) is 19.4 Å². The number of nitrogens with zero attached hydrogens (tertiary/aromatic N) is 1. The molecule has 88 valence electrons. The maximum absolute atomic E-state index is 12.2. The first kappa shape index (κ1) is 12.3. The topological polar surface area (TPSA) is 52.6 Å². The zero-order chi connectivity index (χ0) is 11.3. The Hall–Kier alpha value is -0.750. The van der Waals surface area contributed by atoms with E-state index in [-0.39, 0.29) is 25.7 Å². The van der Waals surface area contributed by atoms with E-state index in [1.807, 2.05) is 0 Å². The number of alkyl halides is 2. The second-order valence-corrected chi connectivity index (χ2v) is 3.60. The van der Waals surface area contributed by atoms with Gasteiger partial charge in [-0.25, -0.2) is 0 Å². The van der Waals surface area contributed by atoms with Gasteiger partial charge in [0, 0.05) is 19.1 Å². The number of amides is 1. The van der Waals surface area contributed by atoms with Gasteiger partial charge in [0.15, 0.2) is 0 Å². The highest BCUT2D eigenvalue weighted by Gasteiger charge is 2.26. The average Bonchev–Trinajstić information content (AvgIpc) is 2.68. The van der Waals surface area contributed by atoms with Gasteiger partial charge in [-0.1, -0.05) is 0 Å². The second kappa shape index (κ2) is 5.97. The normalized spacial score (nSPS) is 20.9. The van der Waals surface area contributed by atoms with Gasteiger partial charge in [0.25, 0.3) is 5.91 Å². The smallest absolute Gasteiger partial charge is 0.315 e. The summed E-state index contributed by atoms with van der Waals surface area (Å²) in [6.45, 7) is 0.802. The van der Waals surface area contributed by atoms with Gasteiger partial charge in [0.1, 0.15) is 0 Å². The third-order valence-corrected chi connectivity index (χ3v) is 2.47. The SMILES string of the molecule is O=C(C(F)F)N(CCO)CC1CCCN1. The number of carbonyl (C=O) groups is 1. The fourth-order valence-corrected chi connectivity index (χ4v) is 1.73. The van der Waals surface area contributed by atoms with Crippen molar-refractivity contribution < 1.29 is 18.7 Å². The van der Waals surface area contributed by atoms with E-state index in [0.29, 0.717) is 0 Å². The molecule has 0 radical (unpaired) electrons. The van der Waals surface area contributed by atoms with Crippen LogP contribution in [0, 0.1) is 0 Å². The van der Waals surface area contributed by atoms with Crippen LogP contribution in [0.25, 0.3) is 0 Å². The van der Waals surface area contributed by atoms with Crippen molar-refractivity contribution >= 4 is 5.91 Å². The number of nitrogens with one attached hydrogen (secondary N) is 1. The highest BCUT2D eigenvalue weighted by Crippen LogP contribution is 2.09. The lowest BCUT2D eigenvalue weighted by molar-refractivity contribution is -0.143. The van der Waals surface area contributed by atoms with Crippen molar-refractivity contribution in [2.75, 3.05) is 26.2 Å². The van der Waals surface area contributed by atoms with Crippen LogP contribution in [0.4, 0.5) is 8.78 Å². The first-order chi connectivity index (χ1) is 7.15. The zero-order valence-electron chi connectivity index (χ0n) is 8.46. The largest absolute Gasteiger partial charge is 0.395 e. The number of rotatable bonds is 5. The predicted molar refractivity (Wildman–Crippen MR) is 50.7 cm³/mol. The molecule has 1 unspecified atom stereocenters. The summed E-state index contributed by atoms with van der Waals surface area (Å²) in [5.74, 6) is -1.20. The molecule has 15 heavy (non-hydrogen) atoms. The van der Waals surface area contributed by atoms with Gasteiger partial charge < -0.3 is 15.3 Å². The van der Waals surface area contributed by atoms with Crippen molar-refractivity contribution in [2.45, 2.75) is 25.3 Å². The third-order valence-electron chi connectivity index (χ3n) is 2.47. The molecule has 0 aromatic rings. The van der Waals surface area contributed by atoms with Crippen molar-refractivity contribution in [2.24, 2.45) is 0 Å². The van der Waals surface area contributed by atoms with Gasteiger partial charge in [-0.15, -0.1) is 0 Å². The summed E-state index contributed by atoms with van der Waals surface area (Å²) in [7, 11) is 0. The Balaban J connectivity index is 2.45. The molecule has 1 amide bonds. The van der Waals surface area contributed by atoms with Crippen LogP contribution in [0.1, 0.15) is 12.8 Å². The summed E-state index contributed by atoms with van der Waals surface area (Å²) in [6.07, 6.45) is -1.10. The second-order valence-electron chi connectivity index (χ2n) is 3.60. The molecule has 0 bridgehead atoms. The molecule has 6 heteroatoms. The van der Waals surface area contributed by atoms with Crippen LogP contribution in [0.15, 0.2) is 0 Å².